The molecule has 0 aromatic heterocycles. The lowest BCUT2D eigenvalue weighted by Gasteiger charge is -2.35. The fourth-order valence-corrected chi connectivity index (χ4v) is 3.09. The van der Waals surface area contributed by atoms with Crippen LogP contribution in [0.4, 0.5) is 0 Å². The van der Waals surface area contributed by atoms with Crippen molar-refractivity contribution in [3.05, 3.63) is 23.3 Å². The summed E-state index contributed by atoms with van der Waals surface area (Å²) in [5, 5.41) is 19.5. The number of nitrogens with zero attached hydrogens (tertiary/aromatic N) is 1. The molecule has 0 bridgehead atoms. The lowest BCUT2D eigenvalue weighted by Crippen LogP contribution is -2.40. The van der Waals surface area contributed by atoms with E-state index in [1.807, 2.05) is 6.07 Å². The van der Waals surface area contributed by atoms with Crippen molar-refractivity contribution in [2.24, 2.45) is 0 Å². The summed E-state index contributed by atoms with van der Waals surface area (Å²) in [4.78, 5) is 2.46. The minimum atomic E-state index is -0.0139. The molecule has 3 heteroatoms. The molecule has 0 radical (unpaired) electrons. The van der Waals surface area contributed by atoms with Crippen LogP contribution in [-0.4, -0.2) is 34.2 Å². The van der Waals surface area contributed by atoms with E-state index in [0.29, 0.717) is 6.04 Å². The number of hydrogen-bond donors (Lipinski definition) is 2. The molecule has 2 N–H and O–H groups in total. The Morgan fingerprint density at radius 1 is 1.35 bits per heavy atom. The molecule has 1 aliphatic carbocycles. The second-order valence-corrected chi connectivity index (χ2v) is 5.46. The van der Waals surface area contributed by atoms with E-state index in [4.69, 9.17) is 6.42 Å². The molecule has 20 heavy (non-hydrogen) atoms. The van der Waals surface area contributed by atoms with E-state index in [-0.39, 0.29) is 11.5 Å². The Balaban J connectivity index is 2.13. The van der Waals surface area contributed by atoms with Crippen LogP contribution in [0.1, 0.15) is 37.3 Å². The summed E-state index contributed by atoms with van der Waals surface area (Å²) in [6, 6.07) is 4.00. The molecule has 0 heterocycles. The molecule has 0 aliphatic heterocycles. The lowest BCUT2D eigenvalue weighted by molar-refractivity contribution is 0.183. The van der Waals surface area contributed by atoms with Gasteiger partial charge in [-0.25, -0.2) is 0 Å². The second kappa shape index (κ2) is 6.67. The maximum Gasteiger partial charge on any atom is 0.160 e. The number of rotatable bonds is 5. The number of aromatic hydroxyl groups is 2. The summed E-state index contributed by atoms with van der Waals surface area (Å²) in [5.41, 5.74) is 2.06. The Morgan fingerprint density at radius 3 is 2.85 bits per heavy atom. The third kappa shape index (κ3) is 3.08. The van der Waals surface area contributed by atoms with Gasteiger partial charge in [0.2, 0.25) is 0 Å². The molecule has 0 unspecified atom stereocenters. The molecule has 0 fully saturated rings. The Labute approximate surface area is 121 Å². The zero-order chi connectivity index (χ0) is 14.5. The first-order chi connectivity index (χ1) is 9.67. The van der Waals surface area contributed by atoms with Crippen molar-refractivity contribution in [1.29, 1.82) is 0 Å². The number of benzene rings is 1. The molecule has 2 rings (SSSR count). The highest BCUT2D eigenvalue weighted by atomic mass is 16.3. The van der Waals surface area contributed by atoms with Gasteiger partial charge in [-0.1, -0.05) is 13.0 Å². The first-order valence-corrected chi connectivity index (χ1v) is 7.37. The molecule has 1 atom stereocenters. The number of terminal acetylenes is 1. The van der Waals surface area contributed by atoms with Crippen LogP contribution in [0.2, 0.25) is 0 Å². The number of phenols is 2. The Kier molecular flexibility index (Phi) is 4.92. The average molecular weight is 273 g/mol. The predicted octanol–water partition coefficient (Wildman–Crippen LogP) is 2.69. The zero-order valence-electron chi connectivity index (χ0n) is 12.1. The van der Waals surface area contributed by atoms with Gasteiger partial charge in [-0.15, -0.1) is 12.3 Å². The van der Waals surface area contributed by atoms with Gasteiger partial charge in [-0.05, 0) is 43.9 Å². The molecule has 108 valence electrons. The average Bonchev–Trinajstić information content (AvgIpc) is 2.47. The van der Waals surface area contributed by atoms with Crippen molar-refractivity contribution in [2.45, 2.75) is 45.1 Å². The second-order valence-electron chi connectivity index (χ2n) is 5.46. The van der Waals surface area contributed by atoms with Crippen molar-refractivity contribution >= 4 is 0 Å². The van der Waals surface area contributed by atoms with Gasteiger partial charge < -0.3 is 10.2 Å². The van der Waals surface area contributed by atoms with Gasteiger partial charge in [0.1, 0.15) is 0 Å². The van der Waals surface area contributed by atoms with Gasteiger partial charge in [0.15, 0.2) is 11.5 Å². The smallest absolute Gasteiger partial charge is 0.160 e. The van der Waals surface area contributed by atoms with Gasteiger partial charge >= 0.3 is 0 Å². The van der Waals surface area contributed by atoms with Gasteiger partial charge in [-0.3, -0.25) is 4.90 Å². The largest absolute Gasteiger partial charge is 0.504 e. The SMILES string of the molecule is C#CCCN(CCC)[C@H]1CCc2c(ccc(O)c2O)C1. The Bertz CT molecular complexity index is 504. The van der Waals surface area contributed by atoms with E-state index in [1.165, 1.54) is 0 Å². The third-order valence-electron chi connectivity index (χ3n) is 4.11. The van der Waals surface area contributed by atoms with Crippen LogP contribution in [0, 0.1) is 12.3 Å². The number of phenolic OH excluding ortho intramolecular Hbond substituents is 2. The van der Waals surface area contributed by atoms with Gasteiger partial charge in [-0.2, -0.15) is 0 Å². The van der Waals surface area contributed by atoms with E-state index >= 15 is 0 Å². The van der Waals surface area contributed by atoms with Crippen LogP contribution < -0.4 is 0 Å². The Hall–Kier alpha value is -1.66. The monoisotopic (exact) mass is 273 g/mol. The highest BCUT2D eigenvalue weighted by molar-refractivity contribution is 5.50. The normalized spacial score (nSPS) is 17.8. The lowest BCUT2D eigenvalue weighted by atomic mass is 9.86. The molecule has 3 nitrogen and oxygen atoms in total. The van der Waals surface area contributed by atoms with Crippen LogP contribution in [0.5, 0.6) is 11.5 Å². The molecule has 1 aromatic carbocycles. The van der Waals surface area contributed by atoms with E-state index < -0.39 is 0 Å². The summed E-state index contributed by atoms with van der Waals surface area (Å²) in [5.74, 6) is 2.76. The quantitative estimate of drug-likeness (QED) is 0.640. The molecule has 1 aromatic rings. The van der Waals surface area contributed by atoms with E-state index in [9.17, 15) is 10.2 Å². The van der Waals surface area contributed by atoms with Crippen molar-refractivity contribution in [2.75, 3.05) is 13.1 Å². The van der Waals surface area contributed by atoms with E-state index in [2.05, 4.69) is 17.7 Å². The standard InChI is InChI=1S/C17H23NO2/c1-3-5-11-18(10-4-2)14-7-8-15-13(12-14)6-9-16(19)17(15)20/h1,6,9,14,19-20H,4-5,7-8,10-12H2,2H3/t14-/m0/s1. The summed E-state index contributed by atoms with van der Waals surface area (Å²) in [6.45, 7) is 4.18. The highest BCUT2D eigenvalue weighted by Crippen LogP contribution is 2.36. The number of hydrogen-bond acceptors (Lipinski definition) is 3. The van der Waals surface area contributed by atoms with Crippen LogP contribution in [0.15, 0.2) is 12.1 Å². The molecule has 0 saturated heterocycles. The minimum absolute atomic E-state index is 0.0139. The number of fused-ring (bicyclic) bond motifs is 1. The summed E-state index contributed by atoms with van der Waals surface area (Å²) in [7, 11) is 0. The van der Waals surface area contributed by atoms with Crippen LogP contribution in [0.25, 0.3) is 0 Å². The summed E-state index contributed by atoms with van der Waals surface area (Å²) in [6.07, 6.45) is 10.0. The van der Waals surface area contributed by atoms with Crippen molar-refractivity contribution in [3.63, 3.8) is 0 Å². The highest BCUT2D eigenvalue weighted by Gasteiger charge is 2.26. The molecular weight excluding hydrogens is 250 g/mol. The van der Waals surface area contributed by atoms with Gasteiger partial charge in [0, 0.05) is 24.6 Å². The molecular formula is C17H23NO2. The van der Waals surface area contributed by atoms with E-state index in [0.717, 1.165) is 56.3 Å². The van der Waals surface area contributed by atoms with Crippen molar-refractivity contribution in [3.8, 4) is 23.8 Å². The van der Waals surface area contributed by atoms with Gasteiger partial charge in [0.25, 0.3) is 0 Å². The molecule has 0 amide bonds. The molecule has 1 aliphatic rings. The minimum Gasteiger partial charge on any atom is -0.504 e. The van der Waals surface area contributed by atoms with Crippen LogP contribution >= 0.6 is 0 Å². The third-order valence-corrected chi connectivity index (χ3v) is 4.11. The topological polar surface area (TPSA) is 43.7 Å². The van der Waals surface area contributed by atoms with Crippen LogP contribution in [0.3, 0.4) is 0 Å². The fraction of sp³-hybridized carbons (Fsp3) is 0.529. The zero-order valence-corrected chi connectivity index (χ0v) is 12.1. The first kappa shape index (κ1) is 14.7. The van der Waals surface area contributed by atoms with E-state index in [1.54, 1.807) is 6.07 Å². The molecule has 0 saturated carbocycles. The summed E-state index contributed by atoms with van der Waals surface area (Å²) >= 11 is 0. The fourth-order valence-electron chi connectivity index (χ4n) is 3.09. The Morgan fingerprint density at radius 2 is 2.15 bits per heavy atom. The first-order valence-electron chi connectivity index (χ1n) is 7.37. The maximum absolute atomic E-state index is 9.92. The molecule has 0 spiro atoms. The maximum atomic E-state index is 9.92. The van der Waals surface area contributed by atoms with Crippen molar-refractivity contribution < 1.29 is 10.2 Å². The van der Waals surface area contributed by atoms with Crippen LogP contribution in [-0.2, 0) is 12.8 Å². The summed E-state index contributed by atoms with van der Waals surface area (Å²) < 4.78 is 0. The van der Waals surface area contributed by atoms with Crippen molar-refractivity contribution in [1.82, 2.24) is 4.90 Å². The predicted molar refractivity (Wildman–Crippen MR) is 80.9 cm³/mol. The van der Waals surface area contributed by atoms with Gasteiger partial charge in [0.05, 0.1) is 0 Å².